The molecule has 3 heteroatoms. The molecule has 1 aliphatic heterocycles. The van der Waals surface area contributed by atoms with Crippen LogP contribution in [0, 0.1) is 20.8 Å². The summed E-state index contributed by atoms with van der Waals surface area (Å²) in [5, 5.41) is 12.2. The fourth-order valence-electron chi connectivity index (χ4n) is 12.3. The van der Waals surface area contributed by atoms with E-state index in [2.05, 4.69) is 251 Å². The second-order valence-corrected chi connectivity index (χ2v) is 19.7. The van der Waals surface area contributed by atoms with Crippen molar-refractivity contribution < 1.29 is 4.42 Å². The van der Waals surface area contributed by atoms with Crippen LogP contribution in [0.2, 0.25) is 6.82 Å². The summed E-state index contributed by atoms with van der Waals surface area (Å²) >= 11 is 0. The van der Waals surface area contributed by atoms with Crippen LogP contribution in [0.25, 0.3) is 110 Å². The van der Waals surface area contributed by atoms with Gasteiger partial charge in [0.2, 0.25) is 6.71 Å². The van der Waals surface area contributed by atoms with Crippen LogP contribution >= 0.6 is 0 Å². The van der Waals surface area contributed by atoms with Gasteiger partial charge in [-0.1, -0.05) is 177 Å². The second kappa shape index (κ2) is 16.0. The summed E-state index contributed by atoms with van der Waals surface area (Å²) in [5.41, 5.74) is 21.2. The zero-order valence-electron chi connectivity index (χ0n) is 40.2. The first-order valence-corrected chi connectivity index (χ1v) is 24.9. The van der Waals surface area contributed by atoms with E-state index < -0.39 is 0 Å². The zero-order valence-corrected chi connectivity index (χ0v) is 40.2. The number of nitrogens with zero attached hydrogens (tertiary/aromatic N) is 1. The largest absolute Gasteiger partial charge is 0.455 e. The SMILES string of the molecule is CB1c2cc3cc4ccccc4cc3c(C)c2N(c2cc(-c3ccccc3)cc(-c3ccccc3)c2)c2cc3c(oc4ccccc43)c(-c3cc4ccccc4c(-c4c(C)ccc5ccccc45)c3C)c21. The molecule has 0 fully saturated rings. The molecule has 334 valence electrons. The van der Waals surface area contributed by atoms with Gasteiger partial charge in [-0.25, -0.2) is 0 Å². The Balaban J connectivity index is 1.16. The maximum Gasteiger partial charge on any atom is 0.212 e. The molecule has 0 saturated heterocycles. The lowest BCUT2D eigenvalue weighted by Gasteiger charge is -2.39. The van der Waals surface area contributed by atoms with Gasteiger partial charge < -0.3 is 9.32 Å². The Labute approximate surface area is 414 Å². The van der Waals surface area contributed by atoms with Crippen molar-refractivity contribution in [3.63, 3.8) is 0 Å². The van der Waals surface area contributed by atoms with Crippen LogP contribution in [0.4, 0.5) is 17.1 Å². The average Bonchev–Trinajstić information content (AvgIpc) is 3.79. The van der Waals surface area contributed by atoms with Gasteiger partial charge >= 0.3 is 0 Å². The normalized spacial score (nSPS) is 12.5. The molecule has 0 unspecified atom stereocenters. The summed E-state index contributed by atoms with van der Waals surface area (Å²) in [6.45, 7) is 9.38. The third kappa shape index (κ3) is 6.36. The number of fused-ring (bicyclic) bond motifs is 9. The highest BCUT2D eigenvalue weighted by Gasteiger charge is 2.38. The Bertz CT molecular complexity index is 4280. The van der Waals surface area contributed by atoms with Crippen LogP contribution < -0.4 is 15.8 Å². The van der Waals surface area contributed by atoms with Crippen LogP contribution in [0.1, 0.15) is 16.7 Å². The molecule has 0 atom stereocenters. The third-order valence-electron chi connectivity index (χ3n) is 15.7. The number of benzene rings is 12. The van der Waals surface area contributed by atoms with E-state index in [0.29, 0.717) is 0 Å². The lowest BCUT2D eigenvalue weighted by Crippen LogP contribution is -2.49. The zero-order chi connectivity index (χ0) is 47.5. The first kappa shape index (κ1) is 41.3. The van der Waals surface area contributed by atoms with Crippen molar-refractivity contribution in [3.05, 3.63) is 235 Å². The molecule has 1 aromatic heterocycles. The molecule has 14 rings (SSSR count). The average molecular weight is 906 g/mol. The van der Waals surface area contributed by atoms with Crippen molar-refractivity contribution in [2.45, 2.75) is 27.6 Å². The Morgan fingerprint density at radius 3 is 1.69 bits per heavy atom. The number of hydrogen-bond donors (Lipinski definition) is 0. The van der Waals surface area contributed by atoms with Gasteiger partial charge in [-0.15, -0.1) is 0 Å². The lowest BCUT2D eigenvalue weighted by molar-refractivity contribution is 0.670. The highest BCUT2D eigenvalue weighted by molar-refractivity contribution is 6.89. The van der Waals surface area contributed by atoms with E-state index in [1.165, 1.54) is 121 Å². The molecular weight excluding hydrogens is 858 g/mol. The van der Waals surface area contributed by atoms with Gasteiger partial charge in [0.25, 0.3) is 0 Å². The smallest absolute Gasteiger partial charge is 0.212 e. The molecule has 0 saturated carbocycles. The minimum absolute atomic E-state index is 0.0158. The van der Waals surface area contributed by atoms with Crippen molar-refractivity contribution in [1.82, 2.24) is 0 Å². The maximum atomic E-state index is 7.27. The molecule has 13 aromatic rings. The fraction of sp³-hybridized carbons (Fsp3) is 0.0588. The molecule has 0 radical (unpaired) electrons. The van der Waals surface area contributed by atoms with Crippen molar-refractivity contribution in [1.29, 1.82) is 0 Å². The minimum Gasteiger partial charge on any atom is -0.455 e. The standard InChI is InChI=1S/C68H48BNO/c1-41-31-32-46-23-13-15-27-54(46)63(41)64-42(2)58(38-49-26-14-16-28-55(49)64)65-66-61(40-59-56-29-17-18-30-62(56)71-68(59)65)70(53-35-50(44-19-7-5-8-20-44)34-51(36-53)45-21-9-6-10-22-45)67-43(3)57-37-48-25-12-11-24-47(48)33-52(57)39-60(67)69(66)4/h5-40H,1-4H3. The first-order valence-electron chi connectivity index (χ1n) is 24.9. The Morgan fingerprint density at radius 2 is 0.986 bits per heavy atom. The van der Waals surface area contributed by atoms with Gasteiger partial charge in [0.1, 0.15) is 11.2 Å². The number of para-hydroxylation sites is 1. The van der Waals surface area contributed by atoms with Crippen molar-refractivity contribution in [2.24, 2.45) is 0 Å². The van der Waals surface area contributed by atoms with Crippen LogP contribution in [0.5, 0.6) is 0 Å². The molecular formula is C68H48BNO. The van der Waals surface area contributed by atoms with E-state index >= 15 is 0 Å². The summed E-state index contributed by atoms with van der Waals surface area (Å²) in [7, 11) is 0. The van der Waals surface area contributed by atoms with Crippen molar-refractivity contribution >= 4 is 99.7 Å². The summed E-state index contributed by atoms with van der Waals surface area (Å²) in [6, 6.07) is 80.8. The minimum atomic E-state index is -0.0158. The predicted molar refractivity (Wildman–Crippen MR) is 305 cm³/mol. The number of hydrogen-bond acceptors (Lipinski definition) is 2. The number of furan rings is 1. The summed E-state index contributed by atoms with van der Waals surface area (Å²) in [4.78, 5) is 2.62. The molecule has 0 aliphatic carbocycles. The van der Waals surface area contributed by atoms with E-state index in [1.807, 2.05) is 0 Å². The van der Waals surface area contributed by atoms with Crippen LogP contribution in [0.3, 0.4) is 0 Å². The van der Waals surface area contributed by atoms with Gasteiger partial charge in [0.05, 0.1) is 0 Å². The monoisotopic (exact) mass is 905 g/mol. The van der Waals surface area contributed by atoms with E-state index in [-0.39, 0.29) is 6.71 Å². The molecule has 2 nitrogen and oxygen atoms in total. The Morgan fingerprint density at radius 1 is 0.394 bits per heavy atom. The van der Waals surface area contributed by atoms with Gasteiger partial charge in [-0.2, -0.15) is 0 Å². The quantitative estimate of drug-likeness (QED) is 0.126. The molecule has 71 heavy (non-hydrogen) atoms. The third-order valence-corrected chi connectivity index (χ3v) is 15.7. The summed E-state index contributed by atoms with van der Waals surface area (Å²) in [6.07, 6.45) is 0. The van der Waals surface area contributed by atoms with E-state index in [1.54, 1.807) is 0 Å². The van der Waals surface area contributed by atoms with Gasteiger partial charge in [0, 0.05) is 33.4 Å². The van der Waals surface area contributed by atoms with E-state index in [0.717, 1.165) is 33.2 Å². The fourth-order valence-corrected chi connectivity index (χ4v) is 12.3. The van der Waals surface area contributed by atoms with Gasteiger partial charge in [-0.3, -0.25) is 0 Å². The second-order valence-electron chi connectivity index (χ2n) is 19.7. The van der Waals surface area contributed by atoms with E-state index in [9.17, 15) is 0 Å². The Hall–Kier alpha value is -8.66. The Kier molecular flexibility index (Phi) is 9.28. The maximum absolute atomic E-state index is 7.27. The number of aryl methyl sites for hydroxylation is 2. The predicted octanol–water partition coefficient (Wildman–Crippen LogP) is 17.8. The number of anilines is 3. The molecule has 0 N–H and O–H groups in total. The molecule has 0 spiro atoms. The first-order chi connectivity index (χ1) is 34.9. The van der Waals surface area contributed by atoms with Gasteiger partial charge in [-0.05, 0) is 179 Å². The van der Waals surface area contributed by atoms with Crippen molar-refractivity contribution in [3.8, 4) is 44.5 Å². The summed E-state index contributed by atoms with van der Waals surface area (Å²) < 4.78 is 7.27. The van der Waals surface area contributed by atoms with Crippen LogP contribution in [-0.2, 0) is 0 Å². The highest BCUT2D eigenvalue weighted by Crippen LogP contribution is 2.50. The van der Waals surface area contributed by atoms with Gasteiger partial charge in [0.15, 0.2) is 0 Å². The highest BCUT2D eigenvalue weighted by atomic mass is 16.3. The van der Waals surface area contributed by atoms with Crippen LogP contribution in [-0.4, -0.2) is 6.71 Å². The van der Waals surface area contributed by atoms with Crippen LogP contribution in [0.15, 0.2) is 223 Å². The molecule has 0 amide bonds. The van der Waals surface area contributed by atoms with E-state index in [4.69, 9.17) is 4.42 Å². The van der Waals surface area contributed by atoms with Crippen molar-refractivity contribution in [2.75, 3.05) is 4.90 Å². The number of rotatable bonds is 5. The molecule has 0 bridgehead atoms. The topological polar surface area (TPSA) is 16.4 Å². The summed E-state index contributed by atoms with van der Waals surface area (Å²) in [5.74, 6) is 0. The molecule has 1 aliphatic rings. The molecule has 12 aromatic carbocycles. The lowest BCUT2D eigenvalue weighted by atomic mass is 9.39. The molecule has 2 heterocycles.